The molecule has 1 aliphatic heterocycles. The van der Waals surface area contributed by atoms with E-state index in [2.05, 4.69) is 26.5 Å². The molecule has 1 N–H and O–H groups in total. The summed E-state index contributed by atoms with van der Waals surface area (Å²) in [5.41, 5.74) is 1.10. The van der Waals surface area contributed by atoms with Crippen LogP contribution in [0.2, 0.25) is 0 Å². The number of aromatic nitrogens is 2. The molecule has 0 unspecified atom stereocenters. The van der Waals surface area contributed by atoms with Gasteiger partial charge in [0.2, 0.25) is 16.9 Å². The van der Waals surface area contributed by atoms with E-state index < -0.39 is 0 Å². The lowest BCUT2D eigenvalue weighted by atomic mass is 9.90. The highest BCUT2D eigenvalue weighted by molar-refractivity contribution is 7.15. The Kier molecular flexibility index (Phi) is 7.57. The fourth-order valence-electron chi connectivity index (χ4n) is 4.38. The summed E-state index contributed by atoms with van der Waals surface area (Å²) in [5.74, 6) is 1.14. The molecule has 172 valence electrons. The smallest absolute Gasteiger partial charge is 0.226 e. The van der Waals surface area contributed by atoms with Crippen LogP contribution in [0.3, 0.4) is 0 Å². The Morgan fingerprint density at radius 1 is 1.09 bits per heavy atom. The molecule has 32 heavy (non-hydrogen) atoms. The van der Waals surface area contributed by atoms with Crippen LogP contribution in [0.1, 0.15) is 55.9 Å². The molecule has 0 bridgehead atoms. The van der Waals surface area contributed by atoms with Crippen LogP contribution in [-0.2, 0) is 9.59 Å². The molecule has 2 heterocycles. The van der Waals surface area contributed by atoms with Gasteiger partial charge < -0.3 is 19.9 Å². The lowest BCUT2D eigenvalue weighted by Gasteiger charge is -2.36. The molecule has 1 aliphatic carbocycles. The summed E-state index contributed by atoms with van der Waals surface area (Å²) in [4.78, 5) is 29.0. The molecule has 0 spiro atoms. The molecule has 1 saturated heterocycles. The number of rotatable bonds is 7. The number of benzene rings is 1. The molecule has 0 radical (unpaired) electrons. The van der Waals surface area contributed by atoms with Crippen molar-refractivity contribution in [1.29, 1.82) is 0 Å². The van der Waals surface area contributed by atoms with E-state index in [1.165, 1.54) is 30.6 Å². The Bertz CT molecular complexity index is 920. The summed E-state index contributed by atoms with van der Waals surface area (Å²) in [6.45, 7) is 2.83. The number of carbonyl (C=O) groups is 2. The van der Waals surface area contributed by atoms with E-state index in [0.29, 0.717) is 24.1 Å². The van der Waals surface area contributed by atoms with Gasteiger partial charge in [0.15, 0.2) is 0 Å². The Morgan fingerprint density at radius 3 is 2.62 bits per heavy atom. The molecule has 2 aliphatic rings. The minimum absolute atomic E-state index is 0.0191. The van der Waals surface area contributed by atoms with Crippen LogP contribution in [0, 0.1) is 0 Å². The van der Waals surface area contributed by atoms with Crippen molar-refractivity contribution in [3.05, 3.63) is 29.3 Å². The number of methoxy groups -OCH3 is 1. The predicted molar refractivity (Wildman–Crippen MR) is 125 cm³/mol. The SMILES string of the molecule is COc1cccc(N2CCN(C(=O)CCC(=O)Nc3nnc(C4CCCCC4)s3)CC2)c1. The van der Waals surface area contributed by atoms with Gasteiger partial charge in [-0.1, -0.05) is 36.7 Å². The maximum atomic E-state index is 12.6. The number of amides is 2. The average molecular weight is 458 g/mol. The lowest BCUT2D eigenvalue weighted by molar-refractivity contribution is -0.133. The number of nitrogens with zero attached hydrogens (tertiary/aromatic N) is 4. The number of carbonyl (C=O) groups excluding carboxylic acids is 2. The van der Waals surface area contributed by atoms with Crippen LogP contribution in [0.15, 0.2) is 24.3 Å². The maximum Gasteiger partial charge on any atom is 0.226 e. The van der Waals surface area contributed by atoms with E-state index in [1.807, 2.05) is 23.1 Å². The first-order chi connectivity index (χ1) is 15.6. The first-order valence-corrected chi connectivity index (χ1v) is 12.2. The molecule has 1 aromatic carbocycles. The summed E-state index contributed by atoms with van der Waals surface area (Å²) in [6, 6.07) is 7.96. The second kappa shape index (κ2) is 10.8. The molecule has 1 saturated carbocycles. The normalized spacial score (nSPS) is 17.3. The minimum Gasteiger partial charge on any atom is -0.497 e. The number of nitrogens with one attached hydrogen (secondary N) is 1. The third-order valence-corrected chi connectivity index (χ3v) is 7.26. The summed E-state index contributed by atoms with van der Waals surface area (Å²) in [5, 5.41) is 12.8. The van der Waals surface area contributed by atoms with E-state index in [9.17, 15) is 9.59 Å². The van der Waals surface area contributed by atoms with E-state index in [0.717, 1.165) is 42.4 Å². The standard InChI is InChI=1S/C23H31N5O3S/c1-31-19-9-5-8-18(16-19)27-12-14-28(15-13-27)21(30)11-10-20(29)24-23-26-25-22(32-23)17-6-3-2-4-7-17/h5,8-9,16-17H,2-4,6-7,10-15H2,1H3,(H,24,26,29). The quantitative estimate of drug-likeness (QED) is 0.683. The van der Waals surface area contributed by atoms with Gasteiger partial charge in [0.05, 0.1) is 7.11 Å². The van der Waals surface area contributed by atoms with E-state index in [-0.39, 0.29) is 24.7 Å². The summed E-state index contributed by atoms with van der Waals surface area (Å²) in [6.07, 6.45) is 6.45. The molecular formula is C23H31N5O3S. The largest absolute Gasteiger partial charge is 0.497 e. The Labute approximate surface area is 193 Å². The third-order valence-electron chi connectivity index (χ3n) is 6.26. The van der Waals surface area contributed by atoms with Gasteiger partial charge in [-0.15, -0.1) is 10.2 Å². The lowest BCUT2D eigenvalue weighted by Crippen LogP contribution is -2.48. The zero-order valence-electron chi connectivity index (χ0n) is 18.6. The van der Waals surface area contributed by atoms with Gasteiger partial charge in [0.1, 0.15) is 10.8 Å². The zero-order chi connectivity index (χ0) is 22.3. The van der Waals surface area contributed by atoms with Crippen molar-refractivity contribution in [2.24, 2.45) is 0 Å². The van der Waals surface area contributed by atoms with Gasteiger partial charge in [-0.2, -0.15) is 0 Å². The van der Waals surface area contributed by atoms with Crippen LogP contribution in [0.5, 0.6) is 5.75 Å². The summed E-state index contributed by atoms with van der Waals surface area (Å²) < 4.78 is 5.30. The molecule has 2 fully saturated rings. The monoisotopic (exact) mass is 457 g/mol. The van der Waals surface area contributed by atoms with Gasteiger partial charge in [-0.05, 0) is 25.0 Å². The number of hydrogen-bond acceptors (Lipinski definition) is 7. The highest BCUT2D eigenvalue weighted by atomic mass is 32.1. The van der Waals surface area contributed by atoms with Gasteiger partial charge in [0, 0.05) is 56.7 Å². The first-order valence-electron chi connectivity index (χ1n) is 11.4. The molecule has 1 aromatic heterocycles. The number of piperazine rings is 1. The Balaban J connectivity index is 1.19. The van der Waals surface area contributed by atoms with Crippen LogP contribution in [-0.4, -0.2) is 60.2 Å². The van der Waals surface area contributed by atoms with Gasteiger partial charge in [0.25, 0.3) is 0 Å². The van der Waals surface area contributed by atoms with Crippen molar-refractivity contribution in [2.75, 3.05) is 43.5 Å². The van der Waals surface area contributed by atoms with E-state index in [1.54, 1.807) is 7.11 Å². The fraction of sp³-hybridized carbons (Fsp3) is 0.565. The number of anilines is 2. The van der Waals surface area contributed by atoms with Crippen molar-refractivity contribution in [3.63, 3.8) is 0 Å². The summed E-state index contributed by atoms with van der Waals surface area (Å²) in [7, 11) is 1.66. The Hall–Kier alpha value is -2.68. The molecule has 0 atom stereocenters. The fourth-order valence-corrected chi connectivity index (χ4v) is 5.31. The van der Waals surface area contributed by atoms with Crippen molar-refractivity contribution < 1.29 is 14.3 Å². The average Bonchev–Trinajstić information content (AvgIpc) is 3.31. The maximum absolute atomic E-state index is 12.6. The second-order valence-corrected chi connectivity index (χ2v) is 9.41. The van der Waals surface area contributed by atoms with Crippen molar-refractivity contribution in [2.45, 2.75) is 50.9 Å². The van der Waals surface area contributed by atoms with Crippen molar-refractivity contribution in [1.82, 2.24) is 15.1 Å². The third kappa shape index (κ3) is 5.76. The molecule has 9 heteroatoms. The van der Waals surface area contributed by atoms with Crippen molar-refractivity contribution >= 4 is 34.0 Å². The summed E-state index contributed by atoms with van der Waals surface area (Å²) >= 11 is 1.47. The molecule has 2 aromatic rings. The van der Waals surface area contributed by atoms with Gasteiger partial charge in [-0.25, -0.2) is 0 Å². The van der Waals surface area contributed by atoms with Crippen molar-refractivity contribution in [3.8, 4) is 5.75 Å². The zero-order valence-corrected chi connectivity index (χ0v) is 19.4. The first kappa shape index (κ1) is 22.5. The van der Waals surface area contributed by atoms with Crippen LogP contribution in [0.4, 0.5) is 10.8 Å². The van der Waals surface area contributed by atoms with Gasteiger partial charge >= 0.3 is 0 Å². The van der Waals surface area contributed by atoms with E-state index >= 15 is 0 Å². The molecule has 4 rings (SSSR count). The molecule has 2 amide bonds. The molecule has 8 nitrogen and oxygen atoms in total. The number of ether oxygens (including phenoxy) is 1. The predicted octanol–water partition coefficient (Wildman–Crippen LogP) is 3.66. The highest BCUT2D eigenvalue weighted by Crippen LogP contribution is 2.35. The van der Waals surface area contributed by atoms with Crippen LogP contribution < -0.4 is 15.0 Å². The van der Waals surface area contributed by atoms with Gasteiger partial charge in [-0.3, -0.25) is 9.59 Å². The highest BCUT2D eigenvalue weighted by Gasteiger charge is 2.23. The Morgan fingerprint density at radius 2 is 1.88 bits per heavy atom. The number of hydrogen-bond donors (Lipinski definition) is 1. The van der Waals surface area contributed by atoms with E-state index in [4.69, 9.17) is 4.74 Å². The van der Waals surface area contributed by atoms with Crippen LogP contribution >= 0.6 is 11.3 Å². The van der Waals surface area contributed by atoms with Crippen LogP contribution in [0.25, 0.3) is 0 Å². The molecular weight excluding hydrogens is 426 g/mol. The topological polar surface area (TPSA) is 87.7 Å². The second-order valence-electron chi connectivity index (χ2n) is 8.40. The minimum atomic E-state index is -0.181.